The zero-order chi connectivity index (χ0) is 9.30. The van der Waals surface area contributed by atoms with E-state index >= 15 is 0 Å². The third-order valence-electron chi connectivity index (χ3n) is 1.84. The minimum atomic E-state index is -1.43. The van der Waals surface area contributed by atoms with Crippen LogP contribution in [0.1, 0.15) is 0 Å². The van der Waals surface area contributed by atoms with E-state index in [4.69, 9.17) is 14.9 Å². The van der Waals surface area contributed by atoms with Gasteiger partial charge in [-0.05, 0) is 0 Å². The zero-order valence-electron chi connectivity index (χ0n) is 6.17. The fourth-order valence-electron chi connectivity index (χ4n) is 1.06. The molecule has 72 valence electrons. The van der Waals surface area contributed by atoms with Crippen LogP contribution in [0.3, 0.4) is 0 Å². The predicted molar refractivity (Wildman–Crippen MR) is 47.8 cm³/mol. The van der Waals surface area contributed by atoms with Crippen molar-refractivity contribution in [2.24, 2.45) is 0 Å². The lowest BCUT2D eigenvalue weighted by Gasteiger charge is -2.37. The highest BCUT2D eigenvalue weighted by molar-refractivity contribution is 14.1. The van der Waals surface area contributed by atoms with Crippen LogP contribution in [0.5, 0.6) is 0 Å². The monoisotopic (exact) mass is 290 g/mol. The van der Waals surface area contributed by atoms with Crippen molar-refractivity contribution in [2.75, 3.05) is 4.43 Å². The summed E-state index contributed by atoms with van der Waals surface area (Å²) < 4.78 is 5.26. The molecule has 1 heterocycles. The molecule has 0 radical (unpaired) electrons. The third kappa shape index (κ3) is 1.88. The molecular formula is C6H11IO5. The first-order valence-electron chi connectivity index (χ1n) is 3.51. The highest BCUT2D eigenvalue weighted by Crippen LogP contribution is 2.20. The van der Waals surface area contributed by atoms with Gasteiger partial charge in [-0.25, -0.2) is 0 Å². The summed E-state index contributed by atoms with van der Waals surface area (Å²) in [6.45, 7) is 0. The number of hydrogen-bond acceptors (Lipinski definition) is 5. The van der Waals surface area contributed by atoms with Gasteiger partial charge in [0.1, 0.15) is 18.3 Å². The molecule has 0 aromatic rings. The minimum absolute atomic E-state index is 0.444. The first kappa shape index (κ1) is 10.6. The normalized spacial score (nSPS) is 49.2. The van der Waals surface area contributed by atoms with Crippen molar-refractivity contribution in [2.45, 2.75) is 30.7 Å². The number of rotatable bonds is 1. The van der Waals surface area contributed by atoms with Crippen LogP contribution in [0, 0.1) is 0 Å². The van der Waals surface area contributed by atoms with Crippen LogP contribution < -0.4 is 0 Å². The quantitative estimate of drug-likeness (QED) is 0.339. The Morgan fingerprint density at radius 1 is 1.00 bits per heavy atom. The van der Waals surface area contributed by atoms with E-state index < -0.39 is 30.7 Å². The van der Waals surface area contributed by atoms with Crippen molar-refractivity contribution >= 4 is 22.6 Å². The van der Waals surface area contributed by atoms with Crippen LogP contribution in [0.25, 0.3) is 0 Å². The Balaban J connectivity index is 2.63. The van der Waals surface area contributed by atoms with Crippen molar-refractivity contribution in [3.8, 4) is 0 Å². The van der Waals surface area contributed by atoms with Crippen LogP contribution in [0.15, 0.2) is 0 Å². The fourth-order valence-corrected chi connectivity index (χ4v) is 1.79. The number of halogens is 1. The zero-order valence-corrected chi connectivity index (χ0v) is 8.33. The molecule has 1 saturated heterocycles. The van der Waals surface area contributed by atoms with Gasteiger partial charge in [-0.15, -0.1) is 0 Å². The molecule has 0 aromatic heterocycles. The van der Waals surface area contributed by atoms with E-state index in [9.17, 15) is 10.2 Å². The molecule has 0 unspecified atom stereocenters. The minimum Gasteiger partial charge on any atom is -0.388 e. The summed E-state index contributed by atoms with van der Waals surface area (Å²) in [6, 6.07) is 0. The van der Waals surface area contributed by atoms with Crippen molar-refractivity contribution < 1.29 is 25.2 Å². The molecule has 1 aliphatic rings. The summed E-state index contributed by atoms with van der Waals surface area (Å²) in [5.74, 6) is 0. The maximum atomic E-state index is 9.27. The second-order valence-corrected chi connectivity index (χ2v) is 3.57. The van der Waals surface area contributed by atoms with E-state index in [1.807, 2.05) is 22.6 Å². The summed E-state index contributed by atoms with van der Waals surface area (Å²) in [4.78, 5) is 0. The van der Waals surface area contributed by atoms with Gasteiger partial charge in [0, 0.05) is 4.43 Å². The van der Waals surface area contributed by atoms with Gasteiger partial charge in [0.25, 0.3) is 0 Å². The first-order chi connectivity index (χ1) is 5.57. The molecule has 0 bridgehead atoms. The van der Waals surface area contributed by atoms with Gasteiger partial charge in [0.2, 0.25) is 0 Å². The van der Waals surface area contributed by atoms with E-state index in [1.165, 1.54) is 0 Å². The Kier molecular flexibility index (Phi) is 3.68. The van der Waals surface area contributed by atoms with Gasteiger partial charge in [0.05, 0.1) is 6.10 Å². The van der Waals surface area contributed by atoms with Gasteiger partial charge in [-0.2, -0.15) is 0 Å². The van der Waals surface area contributed by atoms with Crippen molar-refractivity contribution in [1.82, 2.24) is 0 Å². The molecule has 5 atom stereocenters. The van der Waals surface area contributed by atoms with Crippen LogP contribution in [-0.2, 0) is 4.74 Å². The molecule has 0 saturated carbocycles. The van der Waals surface area contributed by atoms with Crippen molar-refractivity contribution in [1.29, 1.82) is 0 Å². The van der Waals surface area contributed by atoms with Gasteiger partial charge in [0.15, 0.2) is 6.29 Å². The summed E-state index contributed by atoms with van der Waals surface area (Å²) >= 11 is 1.96. The van der Waals surface area contributed by atoms with E-state index in [0.717, 1.165) is 0 Å². The van der Waals surface area contributed by atoms with Crippen LogP contribution in [0.2, 0.25) is 0 Å². The van der Waals surface area contributed by atoms with Crippen LogP contribution >= 0.6 is 22.6 Å². The second kappa shape index (κ2) is 4.16. The Morgan fingerprint density at radius 3 is 2.08 bits per heavy atom. The van der Waals surface area contributed by atoms with E-state index in [0.29, 0.717) is 4.43 Å². The Morgan fingerprint density at radius 2 is 1.58 bits per heavy atom. The lowest BCUT2D eigenvalue weighted by molar-refractivity contribution is -0.275. The Hall–Kier alpha value is 0.530. The Bertz CT molecular complexity index is 150. The summed E-state index contributed by atoms with van der Waals surface area (Å²) in [5.41, 5.74) is 0. The molecule has 0 amide bonds. The molecule has 1 rings (SSSR count). The highest BCUT2D eigenvalue weighted by Gasteiger charge is 2.42. The maximum Gasteiger partial charge on any atom is 0.183 e. The topological polar surface area (TPSA) is 90.2 Å². The summed E-state index contributed by atoms with van der Waals surface area (Å²) in [6.07, 6.45) is -5.95. The molecule has 0 spiro atoms. The van der Waals surface area contributed by atoms with Crippen LogP contribution in [-0.4, -0.2) is 55.6 Å². The van der Waals surface area contributed by atoms with E-state index in [2.05, 4.69) is 0 Å². The van der Waals surface area contributed by atoms with Gasteiger partial charge >= 0.3 is 0 Å². The first-order valence-corrected chi connectivity index (χ1v) is 5.04. The number of hydrogen-bond donors (Lipinski definition) is 4. The largest absolute Gasteiger partial charge is 0.388 e. The number of alkyl halides is 1. The third-order valence-corrected chi connectivity index (χ3v) is 2.71. The molecule has 5 nitrogen and oxygen atoms in total. The number of aliphatic hydroxyl groups excluding tert-OH is 4. The van der Waals surface area contributed by atoms with Gasteiger partial charge in [-0.3, -0.25) is 0 Å². The molecule has 0 aromatic carbocycles. The van der Waals surface area contributed by atoms with Crippen molar-refractivity contribution in [3.63, 3.8) is 0 Å². The molecule has 0 aliphatic carbocycles. The summed E-state index contributed by atoms with van der Waals surface area (Å²) in [7, 11) is 0. The van der Waals surface area contributed by atoms with Gasteiger partial charge in [-0.1, -0.05) is 22.6 Å². The average Bonchev–Trinajstić information content (AvgIpc) is 2.08. The molecule has 6 heteroatoms. The van der Waals surface area contributed by atoms with E-state index in [-0.39, 0.29) is 0 Å². The SMILES string of the molecule is O[C@@H]1[C@@H](O)[C@@H](O)O[C@H](CI)[C@H]1O. The fraction of sp³-hybridized carbons (Fsp3) is 1.00. The van der Waals surface area contributed by atoms with E-state index in [1.54, 1.807) is 0 Å². The lowest BCUT2D eigenvalue weighted by Crippen LogP contribution is -2.57. The molecular weight excluding hydrogens is 279 g/mol. The molecule has 12 heavy (non-hydrogen) atoms. The van der Waals surface area contributed by atoms with Crippen LogP contribution in [0.4, 0.5) is 0 Å². The smallest absolute Gasteiger partial charge is 0.183 e. The standard InChI is InChI=1S/C6H11IO5/c7-1-2-3(8)4(9)5(10)6(11)12-2/h2-6,8-11H,1H2/t2-,3-,4+,5-,6+/m1/s1. The number of ether oxygens (including phenoxy) is 1. The Labute approximate surface area is 83.1 Å². The van der Waals surface area contributed by atoms with Crippen molar-refractivity contribution in [3.05, 3.63) is 0 Å². The highest BCUT2D eigenvalue weighted by atomic mass is 127. The molecule has 1 fully saturated rings. The second-order valence-electron chi connectivity index (χ2n) is 2.69. The predicted octanol–water partition coefficient (Wildman–Crippen LogP) is -1.78. The average molecular weight is 290 g/mol. The molecule has 4 N–H and O–H groups in total. The molecule has 1 aliphatic heterocycles. The lowest BCUT2D eigenvalue weighted by atomic mass is 10.0. The summed E-state index contributed by atoms with van der Waals surface area (Å²) in [5, 5.41) is 36.5. The number of aliphatic hydroxyl groups is 4. The van der Waals surface area contributed by atoms with Gasteiger partial charge < -0.3 is 25.2 Å². The maximum absolute atomic E-state index is 9.27.